The van der Waals surface area contributed by atoms with Crippen LogP contribution in [-0.4, -0.2) is 53.9 Å². The molecule has 38 heavy (non-hydrogen) atoms. The van der Waals surface area contributed by atoms with E-state index in [1.807, 2.05) is 0 Å². The van der Waals surface area contributed by atoms with Gasteiger partial charge < -0.3 is 30.7 Å². The molecule has 0 saturated heterocycles. The number of guanidine groups is 1. The number of carboxylic acid groups (broad SMARTS) is 1. The van der Waals surface area contributed by atoms with Crippen molar-refractivity contribution in [3.63, 3.8) is 0 Å². The Balaban J connectivity index is 1.29. The lowest BCUT2D eigenvalue weighted by molar-refractivity contribution is -0.138. The fourth-order valence-corrected chi connectivity index (χ4v) is 4.58. The van der Waals surface area contributed by atoms with Crippen LogP contribution in [0.5, 0.6) is 5.75 Å². The number of benzene rings is 3. The van der Waals surface area contributed by atoms with E-state index in [1.165, 1.54) is 0 Å². The number of rotatable bonds is 8. The van der Waals surface area contributed by atoms with Crippen LogP contribution in [-0.2, 0) is 11.3 Å². The highest BCUT2D eigenvalue weighted by Crippen LogP contribution is 2.35. The van der Waals surface area contributed by atoms with Crippen molar-refractivity contribution in [3.05, 3.63) is 89.0 Å². The number of fused-ring (bicyclic) bond motifs is 1. The van der Waals surface area contributed by atoms with E-state index in [-0.39, 0.29) is 24.8 Å². The summed E-state index contributed by atoms with van der Waals surface area (Å²) in [6.45, 7) is 1.80. The van der Waals surface area contributed by atoms with Gasteiger partial charge in [-0.3, -0.25) is 19.4 Å². The molecule has 3 aromatic carbocycles. The second-order valence-corrected chi connectivity index (χ2v) is 9.01. The van der Waals surface area contributed by atoms with Crippen molar-refractivity contribution in [2.75, 3.05) is 30.8 Å². The minimum atomic E-state index is -1.00. The molecule has 1 unspecified atom stereocenters. The Kier molecular flexibility index (Phi) is 6.94. The monoisotopic (exact) mass is 513 g/mol. The van der Waals surface area contributed by atoms with E-state index in [9.17, 15) is 19.5 Å². The summed E-state index contributed by atoms with van der Waals surface area (Å²) < 4.78 is 5.19. The molecule has 10 heteroatoms. The van der Waals surface area contributed by atoms with Gasteiger partial charge in [0.1, 0.15) is 5.75 Å². The van der Waals surface area contributed by atoms with Gasteiger partial charge in [0.25, 0.3) is 11.8 Å². The summed E-state index contributed by atoms with van der Waals surface area (Å²) in [6.07, 6.45) is -0.232. The lowest BCUT2D eigenvalue weighted by atomic mass is 10.0. The number of nitrogens with one attached hydrogen (secondary N) is 3. The van der Waals surface area contributed by atoms with Gasteiger partial charge in [0.2, 0.25) is 0 Å². The van der Waals surface area contributed by atoms with E-state index in [2.05, 4.69) is 20.9 Å². The van der Waals surface area contributed by atoms with Crippen LogP contribution < -0.4 is 20.7 Å². The van der Waals surface area contributed by atoms with E-state index >= 15 is 0 Å². The van der Waals surface area contributed by atoms with Crippen LogP contribution in [0, 0.1) is 0 Å². The normalized spacial score (nSPS) is 14.8. The molecular weight excluding hydrogens is 486 g/mol. The van der Waals surface area contributed by atoms with E-state index < -0.39 is 12.0 Å². The number of nitrogens with zero attached hydrogens (tertiary/aromatic N) is 2. The van der Waals surface area contributed by atoms with Crippen LogP contribution in [0.1, 0.15) is 44.3 Å². The van der Waals surface area contributed by atoms with Crippen LogP contribution in [0.2, 0.25) is 0 Å². The molecular formula is C28H27N5O5. The number of hydrogen-bond acceptors (Lipinski definition) is 7. The number of carbonyl (C=O) groups excluding carboxylic acids is 2. The predicted octanol–water partition coefficient (Wildman–Crippen LogP) is 3.49. The van der Waals surface area contributed by atoms with Gasteiger partial charge in [0, 0.05) is 35.6 Å². The predicted molar refractivity (Wildman–Crippen MR) is 143 cm³/mol. The Morgan fingerprint density at radius 1 is 1.08 bits per heavy atom. The minimum Gasteiger partial charge on any atom is -0.497 e. The number of carboxylic acids is 1. The SMILES string of the molecule is COc1ccc(C(CC(=O)O)N2Cc3ccc(NC(=O)c4ccc(NC5=NCCN5)cc4)cc3C2=O)cc1. The molecule has 2 aliphatic rings. The smallest absolute Gasteiger partial charge is 0.305 e. The maximum absolute atomic E-state index is 13.4. The Bertz CT molecular complexity index is 1400. The van der Waals surface area contributed by atoms with Gasteiger partial charge in [-0.15, -0.1) is 0 Å². The number of hydrogen-bond donors (Lipinski definition) is 4. The number of aliphatic imine (C=N–C) groups is 1. The zero-order valence-electron chi connectivity index (χ0n) is 20.7. The third kappa shape index (κ3) is 5.29. The lowest BCUT2D eigenvalue weighted by Crippen LogP contribution is -2.30. The van der Waals surface area contributed by atoms with Gasteiger partial charge >= 0.3 is 5.97 Å². The molecule has 4 N–H and O–H groups in total. The number of amides is 2. The second kappa shape index (κ2) is 10.6. The van der Waals surface area contributed by atoms with Crippen LogP contribution >= 0.6 is 0 Å². The molecule has 0 bridgehead atoms. The maximum Gasteiger partial charge on any atom is 0.305 e. The van der Waals surface area contributed by atoms with Gasteiger partial charge in [-0.2, -0.15) is 0 Å². The average molecular weight is 514 g/mol. The largest absolute Gasteiger partial charge is 0.497 e. The summed E-state index contributed by atoms with van der Waals surface area (Å²) in [5.41, 5.74) is 3.68. The molecule has 0 fully saturated rings. The molecule has 2 aliphatic heterocycles. The van der Waals surface area contributed by atoms with Crippen molar-refractivity contribution in [1.82, 2.24) is 10.2 Å². The van der Waals surface area contributed by atoms with Crippen LogP contribution in [0.15, 0.2) is 71.7 Å². The number of ether oxygens (including phenoxy) is 1. The van der Waals surface area contributed by atoms with Gasteiger partial charge in [-0.05, 0) is 59.7 Å². The molecule has 1 atom stereocenters. The lowest BCUT2D eigenvalue weighted by Gasteiger charge is -2.27. The zero-order valence-corrected chi connectivity index (χ0v) is 20.7. The fraction of sp³-hybridized carbons (Fsp3) is 0.214. The quantitative estimate of drug-likeness (QED) is 0.362. The first-order valence-corrected chi connectivity index (χ1v) is 12.2. The van der Waals surface area contributed by atoms with Gasteiger partial charge in [-0.25, -0.2) is 0 Å². The topological polar surface area (TPSA) is 132 Å². The molecule has 0 radical (unpaired) electrons. The average Bonchev–Trinajstić information content (AvgIpc) is 3.55. The van der Waals surface area contributed by atoms with Gasteiger partial charge in [-0.1, -0.05) is 18.2 Å². The first kappa shape index (κ1) is 24.8. The fourth-order valence-electron chi connectivity index (χ4n) is 4.58. The number of methoxy groups -OCH3 is 1. The van der Waals surface area contributed by atoms with E-state index in [4.69, 9.17) is 4.74 Å². The number of anilines is 2. The molecule has 3 aromatic rings. The Labute approximate surface area is 219 Å². The third-order valence-corrected chi connectivity index (χ3v) is 6.53. The van der Waals surface area contributed by atoms with Crippen molar-refractivity contribution in [1.29, 1.82) is 0 Å². The maximum atomic E-state index is 13.4. The summed E-state index contributed by atoms with van der Waals surface area (Å²) in [5.74, 6) is -0.243. The summed E-state index contributed by atoms with van der Waals surface area (Å²) in [6, 6.07) is 18.6. The van der Waals surface area contributed by atoms with Crippen LogP contribution in [0.25, 0.3) is 0 Å². The van der Waals surface area contributed by atoms with Crippen molar-refractivity contribution in [2.45, 2.75) is 19.0 Å². The summed E-state index contributed by atoms with van der Waals surface area (Å²) >= 11 is 0. The van der Waals surface area contributed by atoms with Crippen molar-refractivity contribution >= 4 is 35.1 Å². The van der Waals surface area contributed by atoms with E-state index in [0.717, 1.165) is 24.3 Å². The van der Waals surface area contributed by atoms with Gasteiger partial charge in [0.15, 0.2) is 5.96 Å². The molecule has 10 nitrogen and oxygen atoms in total. The molecule has 0 spiro atoms. The third-order valence-electron chi connectivity index (χ3n) is 6.53. The van der Waals surface area contributed by atoms with Crippen molar-refractivity contribution < 1.29 is 24.2 Å². The van der Waals surface area contributed by atoms with Crippen LogP contribution in [0.3, 0.4) is 0 Å². The minimum absolute atomic E-state index is 0.232. The Hall–Kier alpha value is -4.86. The standard InChI is InChI=1S/C28H27N5O5/c1-38-22-10-5-17(6-11-22)24(15-25(34)35)33-16-19-4-9-21(14-23(19)27(33)37)31-26(36)18-2-7-20(8-3-18)32-28-29-12-13-30-28/h2-11,14,24H,12-13,15-16H2,1H3,(H,31,36)(H,34,35)(H2,29,30,32). The first-order valence-electron chi connectivity index (χ1n) is 12.2. The van der Waals surface area contributed by atoms with E-state index in [0.29, 0.717) is 34.1 Å². The highest BCUT2D eigenvalue weighted by atomic mass is 16.5. The highest BCUT2D eigenvalue weighted by molar-refractivity contribution is 6.06. The second-order valence-electron chi connectivity index (χ2n) is 9.01. The van der Waals surface area contributed by atoms with Crippen LogP contribution in [0.4, 0.5) is 11.4 Å². The molecule has 0 aromatic heterocycles. The summed E-state index contributed by atoms with van der Waals surface area (Å²) in [5, 5.41) is 18.7. The summed E-state index contributed by atoms with van der Waals surface area (Å²) in [4.78, 5) is 43.7. The molecule has 2 amide bonds. The first-order chi connectivity index (χ1) is 18.4. The Morgan fingerprint density at radius 3 is 2.47 bits per heavy atom. The molecule has 2 heterocycles. The van der Waals surface area contributed by atoms with Gasteiger partial charge in [0.05, 0.1) is 26.1 Å². The molecule has 0 aliphatic carbocycles. The number of aliphatic carboxylic acids is 1. The molecule has 0 saturated carbocycles. The zero-order chi connectivity index (χ0) is 26.6. The van der Waals surface area contributed by atoms with E-state index in [1.54, 1.807) is 78.7 Å². The van der Waals surface area contributed by atoms with Crippen molar-refractivity contribution in [2.24, 2.45) is 4.99 Å². The summed E-state index contributed by atoms with van der Waals surface area (Å²) in [7, 11) is 1.55. The Morgan fingerprint density at radius 2 is 1.82 bits per heavy atom. The molecule has 5 rings (SSSR count). The highest BCUT2D eigenvalue weighted by Gasteiger charge is 2.35. The number of carbonyl (C=O) groups is 3. The van der Waals surface area contributed by atoms with Crippen molar-refractivity contribution in [3.8, 4) is 5.75 Å². The molecule has 194 valence electrons.